The molecule has 116 valence electrons. The normalized spacial score (nSPS) is 18.6. The molecule has 1 aromatic carbocycles. The zero-order valence-corrected chi connectivity index (χ0v) is 12.8. The number of carbonyl (C=O) groups excluding carboxylic acids is 1. The first-order valence-corrected chi connectivity index (χ1v) is 7.77. The van der Waals surface area contributed by atoms with Gasteiger partial charge in [-0.25, -0.2) is 0 Å². The van der Waals surface area contributed by atoms with Crippen molar-refractivity contribution in [1.29, 1.82) is 0 Å². The first-order chi connectivity index (χ1) is 10.2. The molecule has 21 heavy (non-hydrogen) atoms. The van der Waals surface area contributed by atoms with Crippen LogP contribution >= 0.6 is 0 Å². The van der Waals surface area contributed by atoms with E-state index in [1.165, 1.54) is 5.56 Å². The van der Waals surface area contributed by atoms with Crippen LogP contribution in [-0.4, -0.2) is 42.2 Å². The number of piperidine rings is 1. The smallest absolute Gasteiger partial charge is 0.222 e. The maximum absolute atomic E-state index is 12.1. The van der Waals surface area contributed by atoms with Crippen LogP contribution in [0.5, 0.6) is 5.75 Å². The number of aliphatic hydroxyl groups is 1. The number of carbonyl (C=O) groups is 1. The van der Waals surface area contributed by atoms with Crippen LogP contribution in [0.3, 0.4) is 0 Å². The van der Waals surface area contributed by atoms with Crippen molar-refractivity contribution < 1.29 is 14.6 Å². The number of benzene rings is 1. The third-order valence-electron chi connectivity index (χ3n) is 3.95. The molecule has 4 nitrogen and oxygen atoms in total. The van der Waals surface area contributed by atoms with Gasteiger partial charge in [-0.15, -0.1) is 0 Å². The predicted octanol–water partition coefficient (Wildman–Crippen LogP) is 2.38. The van der Waals surface area contributed by atoms with Gasteiger partial charge in [0.25, 0.3) is 0 Å². The highest BCUT2D eigenvalue weighted by Gasteiger charge is 2.22. The number of nitrogens with zero attached hydrogens (tertiary/aromatic N) is 1. The van der Waals surface area contributed by atoms with E-state index in [0.29, 0.717) is 19.6 Å². The second kappa shape index (κ2) is 8.03. The average molecular weight is 291 g/mol. The molecule has 1 saturated heterocycles. The number of aliphatic hydroxyl groups excluding tert-OH is 1. The molecule has 1 N–H and O–H groups in total. The predicted molar refractivity (Wildman–Crippen MR) is 82.3 cm³/mol. The quantitative estimate of drug-likeness (QED) is 0.819. The summed E-state index contributed by atoms with van der Waals surface area (Å²) in [6.45, 7) is 4.31. The topological polar surface area (TPSA) is 49.8 Å². The molecule has 1 unspecified atom stereocenters. The Morgan fingerprint density at radius 1 is 1.38 bits per heavy atom. The van der Waals surface area contributed by atoms with Gasteiger partial charge in [0.2, 0.25) is 5.91 Å². The van der Waals surface area contributed by atoms with Gasteiger partial charge in [-0.05, 0) is 44.2 Å². The van der Waals surface area contributed by atoms with Crippen LogP contribution in [0.2, 0.25) is 0 Å². The Labute approximate surface area is 126 Å². The van der Waals surface area contributed by atoms with Crippen LogP contribution in [0.1, 0.15) is 31.2 Å². The third kappa shape index (κ3) is 5.05. The van der Waals surface area contributed by atoms with Crippen molar-refractivity contribution in [1.82, 2.24) is 4.90 Å². The number of hydrogen-bond donors (Lipinski definition) is 1. The lowest BCUT2D eigenvalue weighted by atomic mass is 9.99. The summed E-state index contributed by atoms with van der Waals surface area (Å²) in [5.41, 5.74) is 1.21. The van der Waals surface area contributed by atoms with Crippen molar-refractivity contribution in [3.63, 3.8) is 0 Å². The van der Waals surface area contributed by atoms with Crippen LogP contribution in [0, 0.1) is 12.8 Å². The summed E-state index contributed by atoms with van der Waals surface area (Å²) < 4.78 is 5.63. The van der Waals surface area contributed by atoms with Gasteiger partial charge in [-0.3, -0.25) is 4.79 Å². The van der Waals surface area contributed by atoms with Gasteiger partial charge in [0, 0.05) is 26.1 Å². The fraction of sp³-hybridized carbons (Fsp3) is 0.588. The highest BCUT2D eigenvalue weighted by atomic mass is 16.5. The maximum atomic E-state index is 12.1. The van der Waals surface area contributed by atoms with Crippen molar-refractivity contribution in [3.8, 4) is 5.75 Å². The lowest BCUT2D eigenvalue weighted by Gasteiger charge is -2.31. The molecule has 1 aliphatic heterocycles. The summed E-state index contributed by atoms with van der Waals surface area (Å²) in [7, 11) is 0. The Morgan fingerprint density at radius 3 is 2.86 bits per heavy atom. The Kier molecular flexibility index (Phi) is 6.05. The van der Waals surface area contributed by atoms with Crippen LogP contribution < -0.4 is 4.74 Å². The molecular weight excluding hydrogens is 266 g/mol. The molecule has 2 rings (SSSR count). The summed E-state index contributed by atoms with van der Waals surface area (Å²) in [6, 6.07) is 7.94. The van der Waals surface area contributed by atoms with Crippen LogP contribution in [0.4, 0.5) is 0 Å². The summed E-state index contributed by atoms with van der Waals surface area (Å²) >= 11 is 0. The van der Waals surface area contributed by atoms with Crippen molar-refractivity contribution in [3.05, 3.63) is 29.8 Å². The largest absolute Gasteiger partial charge is 0.494 e. The molecule has 0 bridgehead atoms. The first-order valence-electron chi connectivity index (χ1n) is 7.77. The molecule has 1 fully saturated rings. The van der Waals surface area contributed by atoms with Gasteiger partial charge in [0.15, 0.2) is 0 Å². The molecule has 0 aromatic heterocycles. The van der Waals surface area contributed by atoms with Crippen LogP contribution in [0.15, 0.2) is 24.3 Å². The third-order valence-corrected chi connectivity index (χ3v) is 3.95. The number of ether oxygens (including phenoxy) is 1. The van der Waals surface area contributed by atoms with E-state index in [-0.39, 0.29) is 18.4 Å². The summed E-state index contributed by atoms with van der Waals surface area (Å²) in [5, 5.41) is 9.19. The molecule has 1 amide bonds. The number of hydrogen-bond acceptors (Lipinski definition) is 3. The zero-order valence-electron chi connectivity index (χ0n) is 12.8. The van der Waals surface area contributed by atoms with Gasteiger partial charge in [0.1, 0.15) is 5.75 Å². The van der Waals surface area contributed by atoms with Gasteiger partial charge >= 0.3 is 0 Å². The minimum Gasteiger partial charge on any atom is -0.494 e. The van der Waals surface area contributed by atoms with E-state index in [1.807, 2.05) is 36.1 Å². The first kappa shape index (κ1) is 15.8. The summed E-state index contributed by atoms with van der Waals surface area (Å²) in [6.07, 6.45) is 3.27. The summed E-state index contributed by atoms with van der Waals surface area (Å²) in [5.74, 6) is 1.29. The Balaban J connectivity index is 1.66. The summed E-state index contributed by atoms with van der Waals surface area (Å²) in [4.78, 5) is 14.0. The molecule has 0 aliphatic carbocycles. The molecule has 4 heteroatoms. The Hall–Kier alpha value is -1.55. The van der Waals surface area contributed by atoms with Crippen LogP contribution in [-0.2, 0) is 4.79 Å². The Bertz CT molecular complexity index is 444. The maximum Gasteiger partial charge on any atom is 0.222 e. The Morgan fingerprint density at radius 2 is 2.14 bits per heavy atom. The van der Waals surface area contributed by atoms with E-state index in [4.69, 9.17) is 4.74 Å². The van der Waals surface area contributed by atoms with Crippen molar-refractivity contribution in [2.45, 2.75) is 32.6 Å². The molecule has 0 spiro atoms. The van der Waals surface area contributed by atoms with Gasteiger partial charge in [-0.2, -0.15) is 0 Å². The number of aryl methyl sites for hydroxylation is 1. The fourth-order valence-corrected chi connectivity index (χ4v) is 2.65. The highest BCUT2D eigenvalue weighted by molar-refractivity contribution is 5.76. The lowest BCUT2D eigenvalue weighted by molar-refractivity contribution is -0.133. The second-order valence-corrected chi connectivity index (χ2v) is 5.80. The van der Waals surface area contributed by atoms with Gasteiger partial charge < -0.3 is 14.7 Å². The molecule has 1 aliphatic rings. The van der Waals surface area contributed by atoms with E-state index in [9.17, 15) is 9.90 Å². The number of rotatable bonds is 6. The van der Waals surface area contributed by atoms with Gasteiger partial charge in [0.05, 0.1) is 6.61 Å². The van der Waals surface area contributed by atoms with E-state index in [0.717, 1.165) is 31.6 Å². The molecule has 1 aromatic rings. The molecule has 1 atom stereocenters. The van der Waals surface area contributed by atoms with Crippen LogP contribution in [0.25, 0.3) is 0 Å². The standard InChI is InChI=1S/C17H25NO3/c1-14-6-8-16(9-7-14)21-11-3-5-17(20)18-10-2-4-15(12-18)13-19/h6-9,15,19H,2-5,10-13H2,1H3. The van der Waals surface area contributed by atoms with E-state index in [2.05, 4.69) is 0 Å². The van der Waals surface area contributed by atoms with Crippen molar-refractivity contribution in [2.24, 2.45) is 5.92 Å². The van der Waals surface area contributed by atoms with Crippen molar-refractivity contribution >= 4 is 5.91 Å². The monoisotopic (exact) mass is 291 g/mol. The second-order valence-electron chi connectivity index (χ2n) is 5.80. The minimum atomic E-state index is 0.181. The van der Waals surface area contributed by atoms with E-state index >= 15 is 0 Å². The number of likely N-dealkylation sites (tertiary alicyclic amines) is 1. The average Bonchev–Trinajstić information content (AvgIpc) is 2.53. The molecule has 0 radical (unpaired) electrons. The molecule has 0 saturated carbocycles. The van der Waals surface area contributed by atoms with E-state index < -0.39 is 0 Å². The van der Waals surface area contributed by atoms with E-state index in [1.54, 1.807) is 0 Å². The zero-order chi connectivity index (χ0) is 15.1. The molecular formula is C17H25NO3. The van der Waals surface area contributed by atoms with Gasteiger partial charge in [-0.1, -0.05) is 17.7 Å². The lowest BCUT2D eigenvalue weighted by Crippen LogP contribution is -2.40. The number of amides is 1. The van der Waals surface area contributed by atoms with Crippen molar-refractivity contribution in [2.75, 3.05) is 26.3 Å². The fourth-order valence-electron chi connectivity index (χ4n) is 2.65. The highest BCUT2D eigenvalue weighted by Crippen LogP contribution is 2.17. The minimum absolute atomic E-state index is 0.181. The molecule has 1 heterocycles. The SMILES string of the molecule is Cc1ccc(OCCCC(=O)N2CCCC(CO)C2)cc1.